The molecule has 0 spiro atoms. The lowest BCUT2D eigenvalue weighted by molar-refractivity contribution is -0.385. The largest absolute Gasteiger partial charge is 0.330 e. The first-order chi connectivity index (χ1) is 13.1. The van der Waals surface area contributed by atoms with Crippen molar-refractivity contribution in [2.75, 3.05) is 13.1 Å². The Morgan fingerprint density at radius 3 is 2.79 bits per heavy atom. The summed E-state index contributed by atoms with van der Waals surface area (Å²) in [7, 11) is 0. The van der Waals surface area contributed by atoms with Crippen molar-refractivity contribution in [1.29, 1.82) is 0 Å². The van der Waals surface area contributed by atoms with Crippen LogP contribution in [0.5, 0.6) is 0 Å². The van der Waals surface area contributed by atoms with Crippen molar-refractivity contribution < 1.29 is 9.72 Å². The van der Waals surface area contributed by atoms with E-state index in [1.165, 1.54) is 6.07 Å². The average Bonchev–Trinajstić information content (AvgIpc) is 2.95. The number of hydrogen-bond donors (Lipinski definition) is 1. The van der Waals surface area contributed by atoms with E-state index in [4.69, 9.17) is 0 Å². The first-order valence-electron chi connectivity index (χ1n) is 9.23. The summed E-state index contributed by atoms with van der Waals surface area (Å²) >= 11 is 0. The molecule has 0 aliphatic carbocycles. The fraction of sp³-hybridized carbons (Fsp3) is 0.400. The quantitative estimate of drug-likeness (QED) is 0.608. The zero-order valence-electron chi connectivity index (χ0n) is 15.8. The Bertz CT molecular complexity index is 808. The molecule has 2 heterocycles. The summed E-state index contributed by atoms with van der Waals surface area (Å²) < 4.78 is 0. The topological polar surface area (TPSA) is 88.4 Å². The van der Waals surface area contributed by atoms with Crippen molar-refractivity contribution in [1.82, 2.24) is 15.2 Å². The van der Waals surface area contributed by atoms with Gasteiger partial charge in [0.25, 0.3) is 11.6 Å². The summed E-state index contributed by atoms with van der Waals surface area (Å²) in [5.41, 5.74) is 1.83. The van der Waals surface area contributed by atoms with Gasteiger partial charge in [-0.05, 0) is 63.5 Å². The Balaban J connectivity index is 0.00000280. The van der Waals surface area contributed by atoms with Crippen LogP contribution in [0.4, 0.5) is 5.69 Å². The van der Waals surface area contributed by atoms with Crippen molar-refractivity contribution in [3.8, 4) is 0 Å². The Morgan fingerprint density at radius 1 is 1.29 bits per heavy atom. The van der Waals surface area contributed by atoms with Gasteiger partial charge in [0.1, 0.15) is 0 Å². The molecule has 0 radical (unpaired) electrons. The van der Waals surface area contributed by atoms with Crippen LogP contribution < -0.4 is 5.32 Å². The summed E-state index contributed by atoms with van der Waals surface area (Å²) in [6.07, 6.45) is 4.54. The molecular formula is C20H25ClN4O3. The number of amides is 1. The van der Waals surface area contributed by atoms with Gasteiger partial charge in [-0.15, -0.1) is 12.4 Å². The molecule has 1 amide bonds. The Kier molecular flexibility index (Phi) is 7.90. The monoisotopic (exact) mass is 404 g/mol. The van der Waals surface area contributed by atoms with E-state index in [9.17, 15) is 14.9 Å². The molecule has 3 rings (SSSR count). The maximum absolute atomic E-state index is 13.3. The second-order valence-electron chi connectivity index (χ2n) is 6.85. The lowest BCUT2D eigenvalue weighted by Crippen LogP contribution is -2.40. The highest BCUT2D eigenvalue weighted by Crippen LogP contribution is 2.23. The molecule has 28 heavy (non-hydrogen) atoms. The van der Waals surface area contributed by atoms with Gasteiger partial charge in [0.05, 0.1) is 17.2 Å². The van der Waals surface area contributed by atoms with E-state index in [1.54, 1.807) is 25.3 Å². The van der Waals surface area contributed by atoms with E-state index in [2.05, 4.69) is 10.3 Å². The number of benzene rings is 1. The zero-order chi connectivity index (χ0) is 19.2. The van der Waals surface area contributed by atoms with Gasteiger partial charge >= 0.3 is 0 Å². The van der Waals surface area contributed by atoms with E-state index in [-0.39, 0.29) is 30.0 Å². The SMILES string of the molecule is Cc1cc(C(=O)N(Cc2ccccn2)C2CCCNCC2)ccc1[N+](=O)[O-].Cl. The molecule has 1 N–H and O–H groups in total. The fourth-order valence-electron chi connectivity index (χ4n) is 3.50. The van der Waals surface area contributed by atoms with Gasteiger partial charge in [-0.25, -0.2) is 0 Å². The maximum atomic E-state index is 13.3. The number of halogens is 1. The summed E-state index contributed by atoms with van der Waals surface area (Å²) in [5, 5.41) is 14.4. The third kappa shape index (κ3) is 5.27. The van der Waals surface area contributed by atoms with E-state index in [0.29, 0.717) is 17.7 Å². The van der Waals surface area contributed by atoms with Gasteiger partial charge in [-0.2, -0.15) is 0 Å². The number of nitrogens with one attached hydrogen (secondary N) is 1. The summed E-state index contributed by atoms with van der Waals surface area (Å²) in [6.45, 7) is 3.92. The minimum Gasteiger partial charge on any atom is -0.330 e. The molecule has 2 aromatic rings. The van der Waals surface area contributed by atoms with Gasteiger partial charge in [0, 0.05) is 29.4 Å². The molecule has 1 aliphatic rings. The standard InChI is InChI=1S/C20H24N4O3.ClH/c1-15-13-16(7-8-19(15)24(26)27)20(25)23(14-17-5-2-3-11-22-17)18-6-4-10-21-12-9-18;/h2-3,5,7-8,11,13,18,21H,4,6,9-10,12,14H2,1H3;1H. The summed E-state index contributed by atoms with van der Waals surface area (Å²) in [5.74, 6) is -0.106. The Hall–Kier alpha value is -2.51. The third-order valence-corrected chi connectivity index (χ3v) is 4.95. The van der Waals surface area contributed by atoms with Gasteiger partial charge < -0.3 is 10.2 Å². The Labute approximate surface area is 170 Å². The molecular weight excluding hydrogens is 380 g/mol. The van der Waals surface area contributed by atoms with E-state index in [1.807, 2.05) is 23.1 Å². The second-order valence-corrected chi connectivity index (χ2v) is 6.85. The Morgan fingerprint density at radius 2 is 2.11 bits per heavy atom. The predicted molar refractivity (Wildman–Crippen MR) is 110 cm³/mol. The summed E-state index contributed by atoms with van der Waals surface area (Å²) in [4.78, 5) is 30.2. The van der Waals surface area contributed by atoms with Crippen LogP contribution in [0.15, 0.2) is 42.6 Å². The van der Waals surface area contributed by atoms with Crippen LogP contribution in [-0.2, 0) is 6.54 Å². The molecule has 1 saturated heterocycles. The third-order valence-electron chi connectivity index (χ3n) is 4.95. The van der Waals surface area contributed by atoms with Crippen LogP contribution in [0.3, 0.4) is 0 Å². The van der Waals surface area contributed by atoms with Gasteiger partial charge in [-0.3, -0.25) is 19.9 Å². The summed E-state index contributed by atoms with van der Waals surface area (Å²) in [6, 6.07) is 10.4. The highest BCUT2D eigenvalue weighted by Gasteiger charge is 2.27. The first kappa shape index (κ1) is 21.8. The molecule has 7 nitrogen and oxygen atoms in total. The predicted octanol–water partition coefficient (Wildman–Crippen LogP) is 3.50. The molecule has 1 aromatic carbocycles. The fourth-order valence-corrected chi connectivity index (χ4v) is 3.50. The van der Waals surface area contributed by atoms with Crippen molar-refractivity contribution >= 4 is 24.0 Å². The van der Waals surface area contributed by atoms with Gasteiger partial charge in [0.15, 0.2) is 0 Å². The van der Waals surface area contributed by atoms with E-state index >= 15 is 0 Å². The van der Waals surface area contributed by atoms with Crippen molar-refractivity contribution in [2.45, 2.75) is 38.8 Å². The van der Waals surface area contributed by atoms with Crippen LogP contribution in [-0.4, -0.2) is 39.8 Å². The minimum absolute atomic E-state index is 0. The second kappa shape index (κ2) is 10.1. The molecule has 1 atom stereocenters. The normalized spacial score (nSPS) is 16.5. The van der Waals surface area contributed by atoms with Crippen molar-refractivity contribution in [3.63, 3.8) is 0 Å². The molecule has 0 bridgehead atoms. The van der Waals surface area contributed by atoms with Crippen LogP contribution >= 0.6 is 12.4 Å². The number of aryl methyl sites for hydroxylation is 1. The van der Waals surface area contributed by atoms with Crippen LogP contribution in [0, 0.1) is 17.0 Å². The van der Waals surface area contributed by atoms with Crippen molar-refractivity contribution in [2.24, 2.45) is 0 Å². The maximum Gasteiger partial charge on any atom is 0.272 e. The molecule has 1 aromatic heterocycles. The number of aromatic nitrogens is 1. The number of hydrogen-bond acceptors (Lipinski definition) is 5. The number of nitrogens with zero attached hydrogens (tertiary/aromatic N) is 3. The number of pyridine rings is 1. The number of carbonyl (C=O) groups excluding carboxylic acids is 1. The highest BCUT2D eigenvalue weighted by atomic mass is 35.5. The lowest BCUT2D eigenvalue weighted by atomic mass is 10.0. The minimum atomic E-state index is -0.424. The molecule has 8 heteroatoms. The van der Waals surface area contributed by atoms with Crippen molar-refractivity contribution in [3.05, 3.63) is 69.5 Å². The number of rotatable bonds is 5. The zero-order valence-corrected chi connectivity index (χ0v) is 16.7. The van der Waals surface area contributed by atoms with E-state index in [0.717, 1.165) is 38.0 Å². The molecule has 1 unspecified atom stereocenters. The average molecular weight is 405 g/mol. The van der Waals surface area contributed by atoms with Crippen LogP contribution in [0.1, 0.15) is 40.9 Å². The number of nitro groups is 1. The first-order valence-corrected chi connectivity index (χ1v) is 9.23. The van der Waals surface area contributed by atoms with Gasteiger partial charge in [-0.1, -0.05) is 6.07 Å². The van der Waals surface area contributed by atoms with E-state index < -0.39 is 4.92 Å². The van der Waals surface area contributed by atoms with Gasteiger partial charge in [0.2, 0.25) is 0 Å². The molecule has 150 valence electrons. The highest BCUT2D eigenvalue weighted by molar-refractivity contribution is 5.95. The lowest BCUT2D eigenvalue weighted by Gasteiger charge is -2.31. The van der Waals surface area contributed by atoms with Crippen LogP contribution in [0.2, 0.25) is 0 Å². The number of nitro benzene ring substituents is 1. The molecule has 0 saturated carbocycles. The smallest absolute Gasteiger partial charge is 0.272 e. The molecule has 1 fully saturated rings. The molecule has 1 aliphatic heterocycles. The van der Waals surface area contributed by atoms with Crippen LogP contribution in [0.25, 0.3) is 0 Å². The number of carbonyl (C=O) groups is 1.